The smallest absolute Gasteiger partial charge is 0.408 e. The maximum absolute atomic E-state index is 13.9. The fraction of sp³-hybridized carbons (Fsp3) is 0.412. The number of hydrogen-bond acceptors (Lipinski definition) is 9. The van der Waals surface area contributed by atoms with Crippen LogP contribution in [0.25, 0.3) is 22.0 Å². The van der Waals surface area contributed by atoms with E-state index in [2.05, 4.69) is 53.5 Å². The lowest BCUT2D eigenvalue weighted by molar-refractivity contribution is -0.138. The molecule has 0 radical (unpaired) electrons. The van der Waals surface area contributed by atoms with Crippen molar-refractivity contribution in [3.05, 3.63) is 64.4 Å². The van der Waals surface area contributed by atoms with Gasteiger partial charge in [0.2, 0.25) is 11.8 Å². The van der Waals surface area contributed by atoms with E-state index in [-0.39, 0.29) is 47.8 Å². The molecule has 4 aromatic rings. The molecule has 1 aromatic carbocycles. The molecule has 1 aliphatic carbocycles. The zero-order chi connectivity index (χ0) is 34.5. The van der Waals surface area contributed by atoms with Crippen molar-refractivity contribution in [1.29, 1.82) is 0 Å². The summed E-state index contributed by atoms with van der Waals surface area (Å²) in [5.74, 6) is 0.0925. The van der Waals surface area contributed by atoms with Crippen LogP contribution in [0.5, 0.6) is 0 Å². The van der Waals surface area contributed by atoms with E-state index < -0.39 is 17.7 Å². The van der Waals surface area contributed by atoms with E-state index in [4.69, 9.17) is 4.74 Å². The standard InChI is InChI=1S/C34H37BrN8O5/c1-18-7-10-26(35)39-30(18)40-31(46)24-12-34(6)13-25(34)43(24)28(45)17-42-23-9-8-20(11-22(23)29(41-42)19(2)44)21-14-36-27(37-15-21)16-38-32(47)48-33(3,4)5/h7-11,14-15,24-25H,12-13,16-17H2,1-6H3,(H,38,47)(H,39,40,46)/t24-,25+,34-/m0/s1. The van der Waals surface area contributed by atoms with Gasteiger partial charge >= 0.3 is 6.09 Å². The normalized spacial score (nSPS) is 19.9. The van der Waals surface area contributed by atoms with E-state index in [1.165, 1.54) is 11.6 Å². The van der Waals surface area contributed by atoms with Gasteiger partial charge in [0.05, 0.1) is 12.1 Å². The molecular weight excluding hydrogens is 680 g/mol. The van der Waals surface area contributed by atoms with Gasteiger partial charge in [-0.15, -0.1) is 0 Å². The van der Waals surface area contributed by atoms with Crippen LogP contribution >= 0.6 is 15.9 Å². The van der Waals surface area contributed by atoms with E-state index in [0.29, 0.717) is 39.1 Å². The number of pyridine rings is 1. The summed E-state index contributed by atoms with van der Waals surface area (Å²) < 4.78 is 7.39. The number of aromatic nitrogens is 5. The van der Waals surface area contributed by atoms with Gasteiger partial charge < -0.3 is 20.3 Å². The molecule has 3 atom stereocenters. The molecule has 3 aromatic heterocycles. The largest absolute Gasteiger partial charge is 0.444 e. The highest BCUT2D eigenvalue weighted by Crippen LogP contribution is 2.59. The van der Waals surface area contributed by atoms with Gasteiger partial charge in [0.25, 0.3) is 0 Å². The number of anilines is 1. The van der Waals surface area contributed by atoms with Crippen molar-refractivity contribution in [3.63, 3.8) is 0 Å². The van der Waals surface area contributed by atoms with Crippen molar-refractivity contribution in [2.24, 2.45) is 5.41 Å². The highest BCUT2D eigenvalue weighted by molar-refractivity contribution is 9.10. The summed E-state index contributed by atoms with van der Waals surface area (Å²) in [6, 6.07) is 8.46. The number of rotatable bonds is 8. The number of carbonyl (C=O) groups is 4. The van der Waals surface area contributed by atoms with E-state index in [0.717, 1.165) is 17.5 Å². The minimum absolute atomic E-state index is 0.0414. The molecule has 0 spiro atoms. The summed E-state index contributed by atoms with van der Waals surface area (Å²) in [6.07, 6.45) is 4.10. The number of aryl methyl sites for hydroxylation is 1. The maximum atomic E-state index is 13.9. The predicted molar refractivity (Wildman–Crippen MR) is 181 cm³/mol. The van der Waals surface area contributed by atoms with E-state index in [1.807, 2.05) is 31.2 Å². The van der Waals surface area contributed by atoms with E-state index in [1.54, 1.807) is 44.1 Å². The van der Waals surface area contributed by atoms with E-state index in [9.17, 15) is 19.2 Å². The SMILES string of the molecule is CC(=O)c1nn(CC(=O)N2[C@H](C(=O)Nc3nc(Br)ccc3C)C[C@@]3(C)C[C@@H]23)c2ccc(-c3cnc(CNC(=O)OC(C)(C)C)nc3)cc12. The Morgan fingerprint density at radius 1 is 1.06 bits per heavy atom. The topological polar surface area (TPSA) is 161 Å². The number of amides is 3. The van der Waals surface area contributed by atoms with Crippen molar-refractivity contribution in [1.82, 2.24) is 34.9 Å². The first-order valence-corrected chi connectivity index (χ1v) is 16.5. The molecule has 3 amide bonds. The van der Waals surface area contributed by atoms with Gasteiger partial charge in [-0.1, -0.05) is 19.1 Å². The fourth-order valence-corrected chi connectivity index (χ4v) is 6.51. The van der Waals surface area contributed by atoms with Gasteiger partial charge in [0.15, 0.2) is 5.78 Å². The van der Waals surface area contributed by atoms with Crippen molar-refractivity contribution in [2.45, 2.75) is 85.2 Å². The number of ether oxygens (including phenoxy) is 1. The van der Waals surface area contributed by atoms with Crippen LogP contribution in [-0.2, 0) is 27.4 Å². The Bertz CT molecular complexity index is 1950. The Kier molecular flexibility index (Phi) is 8.56. The maximum Gasteiger partial charge on any atom is 0.408 e. The Morgan fingerprint density at radius 2 is 1.79 bits per heavy atom. The summed E-state index contributed by atoms with van der Waals surface area (Å²) in [4.78, 5) is 66.9. The van der Waals surface area contributed by atoms with Crippen LogP contribution in [0.1, 0.15) is 69.3 Å². The van der Waals surface area contributed by atoms with Crippen LogP contribution in [0.2, 0.25) is 0 Å². The molecule has 0 unspecified atom stereocenters. The molecular formula is C34H37BrN8O5. The molecule has 1 aliphatic heterocycles. The molecule has 6 rings (SSSR count). The Labute approximate surface area is 286 Å². The molecule has 2 fully saturated rings. The zero-order valence-corrected chi connectivity index (χ0v) is 29.2. The van der Waals surface area contributed by atoms with Gasteiger partial charge in [0, 0.05) is 36.3 Å². The van der Waals surface area contributed by atoms with E-state index >= 15 is 0 Å². The molecule has 2 N–H and O–H groups in total. The number of fused-ring (bicyclic) bond motifs is 2. The molecule has 0 bridgehead atoms. The number of nitrogens with one attached hydrogen (secondary N) is 2. The van der Waals surface area contributed by atoms with Crippen LogP contribution in [-0.4, -0.2) is 71.0 Å². The average Bonchev–Trinajstić information content (AvgIpc) is 3.38. The molecule has 13 nitrogen and oxygen atoms in total. The number of hydrogen-bond donors (Lipinski definition) is 2. The van der Waals surface area contributed by atoms with Crippen molar-refractivity contribution >= 4 is 56.3 Å². The Hall–Kier alpha value is -4.72. The Morgan fingerprint density at radius 3 is 2.48 bits per heavy atom. The van der Waals surface area contributed by atoms with Gasteiger partial charge in [0.1, 0.15) is 40.1 Å². The lowest BCUT2D eigenvalue weighted by Gasteiger charge is -2.27. The zero-order valence-electron chi connectivity index (χ0n) is 27.6. The quantitative estimate of drug-likeness (QED) is 0.184. The number of nitrogens with zero attached hydrogens (tertiary/aromatic N) is 6. The minimum Gasteiger partial charge on any atom is -0.444 e. The molecule has 4 heterocycles. The number of piperidine rings is 1. The number of carbonyl (C=O) groups excluding carboxylic acids is 4. The molecule has 48 heavy (non-hydrogen) atoms. The number of alkyl carbamates (subject to hydrolysis) is 1. The fourth-order valence-electron chi connectivity index (χ4n) is 6.20. The summed E-state index contributed by atoms with van der Waals surface area (Å²) >= 11 is 3.35. The minimum atomic E-state index is -0.649. The van der Waals surface area contributed by atoms with Crippen molar-refractivity contribution < 1.29 is 23.9 Å². The van der Waals surface area contributed by atoms with Gasteiger partial charge in [-0.2, -0.15) is 5.10 Å². The van der Waals surface area contributed by atoms with Crippen molar-refractivity contribution in [3.8, 4) is 11.1 Å². The molecule has 250 valence electrons. The summed E-state index contributed by atoms with van der Waals surface area (Å²) in [6.45, 7) is 10.7. The number of ketones is 1. The van der Waals surface area contributed by atoms with Gasteiger partial charge in [-0.3, -0.25) is 19.1 Å². The molecule has 2 aliphatic rings. The summed E-state index contributed by atoms with van der Waals surface area (Å²) in [5, 5.41) is 10.7. The first kappa shape index (κ1) is 33.2. The lowest BCUT2D eigenvalue weighted by atomic mass is 10.0. The second kappa shape index (κ2) is 12.4. The van der Waals surface area contributed by atoms with Gasteiger partial charge in [-0.25, -0.2) is 19.7 Å². The third-order valence-electron chi connectivity index (χ3n) is 8.73. The molecule has 14 heteroatoms. The van der Waals surface area contributed by atoms with Crippen LogP contribution in [0, 0.1) is 12.3 Å². The highest BCUT2D eigenvalue weighted by Gasteiger charge is 2.64. The first-order chi connectivity index (χ1) is 22.6. The lowest BCUT2D eigenvalue weighted by Crippen LogP contribution is -2.47. The molecule has 1 saturated heterocycles. The number of halogens is 1. The molecule has 1 saturated carbocycles. The predicted octanol–water partition coefficient (Wildman–Crippen LogP) is 5.20. The van der Waals surface area contributed by atoms with Gasteiger partial charge in [-0.05, 0) is 91.2 Å². The number of Topliss-reactive ketones (excluding diaryl/α,β-unsaturated/α-hetero) is 1. The average molecular weight is 718 g/mol. The highest BCUT2D eigenvalue weighted by atomic mass is 79.9. The summed E-state index contributed by atoms with van der Waals surface area (Å²) in [7, 11) is 0. The number of benzene rings is 1. The van der Waals surface area contributed by atoms with Crippen molar-refractivity contribution in [2.75, 3.05) is 5.32 Å². The van der Waals surface area contributed by atoms with Crippen LogP contribution in [0.3, 0.4) is 0 Å². The monoisotopic (exact) mass is 716 g/mol. The number of likely N-dealkylation sites (tertiary alicyclic amines) is 1. The second-order valence-electron chi connectivity index (χ2n) is 13.7. The van der Waals surface area contributed by atoms with Crippen LogP contribution in [0.15, 0.2) is 47.3 Å². The second-order valence-corrected chi connectivity index (χ2v) is 14.5. The van der Waals surface area contributed by atoms with Crippen LogP contribution < -0.4 is 10.6 Å². The van der Waals surface area contributed by atoms with Crippen LogP contribution in [0.4, 0.5) is 10.6 Å². The third-order valence-corrected chi connectivity index (χ3v) is 9.17. The first-order valence-electron chi connectivity index (χ1n) is 15.7. The third kappa shape index (κ3) is 6.80. The summed E-state index contributed by atoms with van der Waals surface area (Å²) in [5.41, 5.74) is 2.39. The Balaban J connectivity index is 1.20.